The molecule has 5 nitrogen and oxygen atoms in total. The Kier molecular flexibility index (Phi) is 14.7. The van der Waals surface area contributed by atoms with Crippen molar-refractivity contribution in [3.05, 3.63) is 36.5 Å². The minimum atomic E-state index is -0.828. The number of allylic oxidation sites excluding steroid dienone is 5. The highest BCUT2D eigenvalue weighted by molar-refractivity contribution is 5.67. The van der Waals surface area contributed by atoms with Gasteiger partial charge in [0.15, 0.2) is 0 Å². The van der Waals surface area contributed by atoms with Crippen molar-refractivity contribution in [2.45, 2.75) is 103 Å². The second-order valence-electron chi connectivity index (χ2n) is 8.60. The van der Waals surface area contributed by atoms with Crippen LogP contribution in [0.25, 0.3) is 0 Å². The first-order chi connectivity index (χ1) is 14.9. The number of hydrogen-bond acceptors (Lipinski definition) is 4. The van der Waals surface area contributed by atoms with Gasteiger partial charge in [0, 0.05) is 19.3 Å². The van der Waals surface area contributed by atoms with E-state index in [0.29, 0.717) is 12.8 Å². The van der Waals surface area contributed by atoms with Gasteiger partial charge in [-0.25, -0.2) is 0 Å². The third-order valence-electron chi connectivity index (χ3n) is 5.86. The van der Waals surface area contributed by atoms with E-state index in [-0.39, 0.29) is 30.3 Å². The Morgan fingerprint density at radius 1 is 1.03 bits per heavy atom. The molecule has 1 aliphatic carbocycles. The molecule has 0 aromatic carbocycles. The average molecular weight is 435 g/mol. The van der Waals surface area contributed by atoms with Crippen LogP contribution >= 0.6 is 0 Å². The number of carboxylic acid groups (broad SMARTS) is 1. The van der Waals surface area contributed by atoms with Crippen LogP contribution in [-0.4, -0.2) is 34.4 Å². The van der Waals surface area contributed by atoms with Crippen LogP contribution in [-0.2, 0) is 14.3 Å². The van der Waals surface area contributed by atoms with Gasteiger partial charge < -0.3 is 14.9 Å². The third kappa shape index (κ3) is 13.2. The van der Waals surface area contributed by atoms with Crippen LogP contribution in [0.5, 0.6) is 0 Å². The Morgan fingerprint density at radius 3 is 2.45 bits per heavy atom. The normalized spacial score (nSPS) is 20.9. The number of carboxylic acids is 1. The molecule has 5 heteroatoms. The maximum absolute atomic E-state index is 11.6. The Bertz CT molecular complexity index is 593. The first-order valence-corrected chi connectivity index (χ1v) is 12.0. The zero-order valence-electron chi connectivity index (χ0n) is 19.4. The van der Waals surface area contributed by atoms with Gasteiger partial charge in [0.05, 0.1) is 6.10 Å². The molecule has 0 spiro atoms. The molecule has 4 unspecified atom stereocenters. The summed E-state index contributed by atoms with van der Waals surface area (Å²) < 4.78 is 5.57. The van der Waals surface area contributed by atoms with E-state index < -0.39 is 12.1 Å². The van der Waals surface area contributed by atoms with Crippen LogP contribution in [0.2, 0.25) is 0 Å². The molecule has 0 aromatic rings. The monoisotopic (exact) mass is 434 g/mol. The molecule has 176 valence electrons. The van der Waals surface area contributed by atoms with Gasteiger partial charge in [0.1, 0.15) is 6.10 Å². The fourth-order valence-corrected chi connectivity index (χ4v) is 4.16. The highest BCUT2D eigenvalue weighted by Gasteiger charge is 2.30. The van der Waals surface area contributed by atoms with Gasteiger partial charge >= 0.3 is 11.9 Å². The number of aliphatic carboxylic acids is 1. The summed E-state index contributed by atoms with van der Waals surface area (Å²) in [6.07, 6.45) is 22.3. The Labute approximate surface area is 188 Å². The second-order valence-corrected chi connectivity index (χ2v) is 8.60. The number of esters is 1. The molecule has 2 N–H and O–H groups in total. The van der Waals surface area contributed by atoms with Gasteiger partial charge in [-0.05, 0) is 38.0 Å². The first kappa shape index (κ1) is 27.2. The van der Waals surface area contributed by atoms with E-state index in [1.165, 1.54) is 39.0 Å². The summed E-state index contributed by atoms with van der Waals surface area (Å²) in [7, 11) is 0. The molecule has 0 fully saturated rings. The van der Waals surface area contributed by atoms with Gasteiger partial charge in [0.2, 0.25) is 0 Å². The van der Waals surface area contributed by atoms with Crippen molar-refractivity contribution in [2.24, 2.45) is 11.8 Å². The molecule has 0 aliphatic heterocycles. The van der Waals surface area contributed by atoms with Crippen molar-refractivity contribution >= 4 is 11.9 Å². The number of ether oxygens (including phenoxy) is 1. The number of hydrogen-bond donors (Lipinski definition) is 2. The lowest BCUT2D eigenvalue weighted by atomic mass is 9.78. The number of unbranched alkanes of at least 4 members (excludes halogenated alkanes) is 5. The summed E-state index contributed by atoms with van der Waals surface area (Å²) in [6.45, 7) is 3.62. The Hall–Kier alpha value is -1.88. The highest BCUT2D eigenvalue weighted by atomic mass is 16.5. The van der Waals surface area contributed by atoms with Crippen LogP contribution in [0.4, 0.5) is 0 Å². The van der Waals surface area contributed by atoms with Gasteiger partial charge in [-0.2, -0.15) is 0 Å². The topological polar surface area (TPSA) is 83.8 Å². The molecule has 0 saturated heterocycles. The predicted molar refractivity (Wildman–Crippen MR) is 125 cm³/mol. The van der Waals surface area contributed by atoms with Crippen LogP contribution in [0, 0.1) is 11.8 Å². The fraction of sp³-hybridized carbons (Fsp3) is 0.692. The van der Waals surface area contributed by atoms with Crippen molar-refractivity contribution in [2.75, 3.05) is 0 Å². The number of aliphatic hydroxyl groups excluding tert-OH is 1. The number of carbonyl (C=O) groups is 2. The summed E-state index contributed by atoms with van der Waals surface area (Å²) in [5.41, 5.74) is 0. The van der Waals surface area contributed by atoms with Gasteiger partial charge in [-0.1, -0.05) is 81.9 Å². The van der Waals surface area contributed by atoms with E-state index in [9.17, 15) is 14.7 Å². The maximum atomic E-state index is 11.6. The van der Waals surface area contributed by atoms with Gasteiger partial charge in [-0.3, -0.25) is 9.59 Å². The molecular weight excluding hydrogens is 392 g/mol. The largest absolute Gasteiger partial charge is 0.481 e. The molecule has 0 saturated carbocycles. The number of rotatable bonds is 16. The number of aliphatic hydroxyl groups is 1. The zero-order valence-corrected chi connectivity index (χ0v) is 19.4. The smallest absolute Gasteiger partial charge is 0.303 e. The van der Waals surface area contributed by atoms with Crippen molar-refractivity contribution in [1.29, 1.82) is 0 Å². The lowest BCUT2D eigenvalue weighted by Crippen LogP contribution is -2.32. The van der Waals surface area contributed by atoms with E-state index in [0.717, 1.165) is 25.7 Å². The Balaban J connectivity index is 2.53. The van der Waals surface area contributed by atoms with Crippen molar-refractivity contribution < 1.29 is 24.5 Å². The van der Waals surface area contributed by atoms with E-state index in [1.54, 1.807) is 0 Å². The molecule has 1 rings (SSSR count). The summed E-state index contributed by atoms with van der Waals surface area (Å²) in [6, 6.07) is 0. The maximum Gasteiger partial charge on any atom is 0.303 e. The van der Waals surface area contributed by atoms with Crippen LogP contribution < -0.4 is 0 Å². The van der Waals surface area contributed by atoms with Crippen LogP contribution in [0.15, 0.2) is 36.5 Å². The van der Waals surface area contributed by atoms with E-state index in [2.05, 4.69) is 25.2 Å². The Morgan fingerprint density at radius 2 is 1.74 bits per heavy atom. The van der Waals surface area contributed by atoms with E-state index >= 15 is 0 Å². The minimum Gasteiger partial charge on any atom is -0.481 e. The van der Waals surface area contributed by atoms with Crippen LogP contribution in [0.3, 0.4) is 0 Å². The molecule has 4 atom stereocenters. The van der Waals surface area contributed by atoms with Gasteiger partial charge in [-0.15, -0.1) is 0 Å². The second kappa shape index (κ2) is 16.8. The highest BCUT2D eigenvalue weighted by Crippen LogP contribution is 2.33. The van der Waals surface area contributed by atoms with Gasteiger partial charge in [0.25, 0.3) is 0 Å². The molecular formula is C26H42O5. The minimum absolute atomic E-state index is 0.0834. The fourth-order valence-electron chi connectivity index (χ4n) is 4.16. The molecule has 0 heterocycles. The van der Waals surface area contributed by atoms with Crippen LogP contribution in [0.1, 0.15) is 90.9 Å². The first-order valence-electron chi connectivity index (χ1n) is 12.0. The quantitative estimate of drug-likeness (QED) is 0.135. The molecule has 31 heavy (non-hydrogen) atoms. The standard InChI is InChI=1S/C26H42O5/c1-3-4-5-6-7-8-16-23(28)17-11-9-14-22-15-10-12-18-24(22)25(31-21(2)27)19-13-20-26(29)30/h9-12,14,17,22-25,28H,3-8,13,15-16,18-20H2,1-2H3,(H,29,30)/b14-9+,17-11+. The summed E-state index contributed by atoms with van der Waals surface area (Å²) in [5.74, 6) is -0.790. The summed E-state index contributed by atoms with van der Waals surface area (Å²) >= 11 is 0. The van der Waals surface area contributed by atoms with Crippen molar-refractivity contribution in [3.63, 3.8) is 0 Å². The lowest BCUT2D eigenvalue weighted by molar-refractivity contribution is -0.150. The lowest BCUT2D eigenvalue weighted by Gasteiger charge is -2.33. The SMILES string of the molecule is CCCCCCCCC(O)/C=C/C=C/C1CC=CCC1C(CCCC(=O)O)OC(C)=O. The van der Waals surface area contributed by atoms with E-state index in [1.807, 2.05) is 18.2 Å². The van der Waals surface area contributed by atoms with E-state index in [4.69, 9.17) is 9.84 Å². The van der Waals surface area contributed by atoms with Crippen molar-refractivity contribution in [1.82, 2.24) is 0 Å². The molecule has 0 radical (unpaired) electrons. The average Bonchev–Trinajstić information content (AvgIpc) is 2.73. The number of carbonyl (C=O) groups excluding carboxylic acids is 1. The van der Waals surface area contributed by atoms with Crippen molar-refractivity contribution in [3.8, 4) is 0 Å². The molecule has 0 amide bonds. The predicted octanol–water partition coefficient (Wildman–Crippen LogP) is 5.98. The molecule has 1 aliphatic rings. The third-order valence-corrected chi connectivity index (χ3v) is 5.86. The molecule has 0 bridgehead atoms. The summed E-state index contributed by atoms with van der Waals surface area (Å²) in [4.78, 5) is 22.4. The molecule has 0 aromatic heterocycles. The zero-order chi connectivity index (χ0) is 22.9. The summed E-state index contributed by atoms with van der Waals surface area (Å²) in [5, 5.41) is 19.0.